The summed E-state index contributed by atoms with van der Waals surface area (Å²) < 4.78 is 41.8. The molecule has 2 aromatic rings. The summed E-state index contributed by atoms with van der Waals surface area (Å²) in [4.78, 5) is 24.8. The second-order valence-corrected chi connectivity index (χ2v) is 12.2. The number of carbonyl (C=O) groups excluding carboxylic acids is 2. The number of ether oxygens (including phenoxy) is 3. The molecule has 1 saturated carbocycles. The minimum atomic E-state index is -0.641. The van der Waals surface area contributed by atoms with E-state index in [1.165, 1.54) is 89.4 Å². The van der Waals surface area contributed by atoms with Gasteiger partial charge in [0.1, 0.15) is 18.4 Å². The Morgan fingerprint density at radius 3 is 1.96 bits per heavy atom. The van der Waals surface area contributed by atoms with Crippen molar-refractivity contribution in [1.82, 2.24) is 15.1 Å². The lowest BCUT2D eigenvalue weighted by atomic mass is 9.86. The summed E-state index contributed by atoms with van der Waals surface area (Å²) >= 11 is 0. The Morgan fingerprint density at radius 1 is 0.941 bits per heavy atom. The van der Waals surface area contributed by atoms with Gasteiger partial charge in [0.2, 0.25) is 0 Å². The van der Waals surface area contributed by atoms with Gasteiger partial charge in [-0.3, -0.25) is 4.79 Å². The number of halogens is 2. The first kappa shape index (κ1) is 49.8. The number of nitrogens with one attached hydrogen (secondary N) is 1. The molecule has 2 aromatic carbocycles. The largest absolute Gasteiger partial charge is 0.493 e. The average molecular weight is 722 g/mol. The van der Waals surface area contributed by atoms with Crippen LogP contribution in [0.5, 0.6) is 11.5 Å². The van der Waals surface area contributed by atoms with E-state index in [0.29, 0.717) is 29.7 Å². The van der Waals surface area contributed by atoms with Crippen LogP contribution in [0.25, 0.3) is 6.08 Å². The number of benzene rings is 2. The number of methoxy groups -OCH3 is 3. The number of hydrogen-bond donors (Lipinski definition) is 1. The van der Waals surface area contributed by atoms with Crippen molar-refractivity contribution in [3.05, 3.63) is 64.7 Å². The molecule has 10 heteroatoms. The second-order valence-electron chi connectivity index (χ2n) is 12.2. The van der Waals surface area contributed by atoms with Crippen LogP contribution in [-0.4, -0.2) is 96.2 Å². The van der Waals surface area contributed by atoms with Gasteiger partial charge >= 0.3 is 0 Å². The third-order valence-corrected chi connectivity index (χ3v) is 8.27. The van der Waals surface area contributed by atoms with Crippen LogP contribution in [0.15, 0.2) is 42.0 Å². The Labute approximate surface area is 308 Å². The van der Waals surface area contributed by atoms with Gasteiger partial charge in [0, 0.05) is 50.5 Å². The molecule has 51 heavy (non-hydrogen) atoms. The molecular formula is C41H69F2N3O5. The quantitative estimate of drug-likeness (QED) is 0.263. The van der Waals surface area contributed by atoms with Crippen LogP contribution in [0.4, 0.5) is 8.78 Å². The van der Waals surface area contributed by atoms with Crippen LogP contribution in [0, 0.1) is 17.6 Å². The number of hydrogen-bond acceptors (Lipinski definition) is 7. The van der Waals surface area contributed by atoms with Gasteiger partial charge < -0.3 is 34.1 Å². The molecule has 1 aliphatic carbocycles. The fraction of sp³-hybridized carbons (Fsp3) is 0.610. The van der Waals surface area contributed by atoms with E-state index in [2.05, 4.69) is 17.3 Å². The molecule has 0 radical (unpaired) electrons. The maximum Gasteiger partial charge on any atom is 0.254 e. The first-order chi connectivity index (χ1) is 24.5. The predicted octanol–water partition coefficient (Wildman–Crippen LogP) is 8.93. The van der Waals surface area contributed by atoms with Crippen molar-refractivity contribution in [2.75, 3.05) is 61.6 Å². The molecule has 2 fully saturated rings. The van der Waals surface area contributed by atoms with Crippen molar-refractivity contribution in [2.45, 2.75) is 99.1 Å². The van der Waals surface area contributed by atoms with Crippen LogP contribution in [-0.2, 0) is 9.53 Å². The highest BCUT2D eigenvalue weighted by Gasteiger charge is 2.23. The van der Waals surface area contributed by atoms with Gasteiger partial charge in [-0.25, -0.2) is 8.78 Å². The van der Waals surface area contributed by atoms with E-state index in [0.717, 1.165) is 23.6 Å². The first-order valence-electron chi connectivity index (χ1n) is 18.3. The van der Waals surface area contributed by atoms with Crippen molar-refractivity contribution >= 4 is 18.8 Å². The van der Waals surface area contributed by atoms with Gasteiger partial charge in [0.15, 0.2) is 11.5 Å². The Balaban J connectivity index is 0. The van der Waals surface area contributed by atoms with Crippen LogP contribution in [0.2, 0.25) is 0 Å². The molecule has 4 rings (SSSR count). The SMILES string of the molecule is C=O.CC.CC.CNC1CCC(CN2CCCC2)CC1.COC(C)C.COc1ccc(C(=O)N(C)C/C(C)=C/c2ccc(F)cc2F)cc1OC. The lowest BCUT2D eigenvalue weighted by Gasteiger charge is -2.30. The topological polar surface area (TPSA) is 80.3 Å². The molecule has 8 nitrogen and oxygen atoms in total. The standard InChI is InChI=1S/C20H21F2NO3.C12H24N2.C4H10O.2C2H6.CH2O/c1-13(9-14-5-7-16(21)11-17(14)22)12-23(2)20(24)15-6-8-18(25-3)19(10-15)26-4;1-13-12-6-4-11(5-7-12)10-14-8-2-3-9-14;1-4(2)5-3;3*1-2/h5-11H,12H2,1-4H3;11-13H,2-10H2,1H3;4H,1-3H3;2*1-2H3;1H2/b13-9+;;;;;. The number of nitrogens with zero attached hydrogens (tertiary/aromatic N) is 2. The van der Waals surface area contributed by atoms with Crippen molar-refractivity contribution in [3.63, 3.8) is 0 Å². The molecule has 0 atom stereocenters. The summed E-state index contributed by atoms with van der Waals surface area (Å²) in [5.74, 6) is 0.522. The Morgan fingerprint density at radius 2 is 1.49 bits per heavy atom. The highest BCUT2D eigenvalue weighted by molar-refractivity contribution is 5.95. The van der Waals surface area contributed by atoms with Crippen molar-refractivity contribution in [1.29, 1.82) is 0 Å². The molecule has 1 N–H and O–H groups in total. The number of carbonyl (C=O) groups is 2. The number of amides is 1. The smallest absolute Gasteiger partial charge is 0.254 e. The molecule has 1 amide bonds. The lowest BCUT2D eigenvalue weighted by molar-refractivity contribution is -0.0980. The van der Waals surface area contributed by atoms with Gasteiger partial charge in [-0.2, -0.15) is 0 Å². The van der Waals surface area contributed by atoms with Gasteiger partial charge in [-0.15, -0.1) is 0 Å². The van der Waals surface area contributed by atoms with E-state index >= 15 is 0 Å². The molecule has 0 bridgehead atoms. The zero-order chi connectivity index (χ0) is 39.4. The van der Waals surface area contributed by atoms with Crippen molar-refractivity contribution in [2.24, 2.45) is 5.92 Å². The van der Waals surface area contributed by atoms with E-state index in [-0.39, 0.29) is 11.5 Å². The highest BCUT2D eigenvalue weighted by atomic mass is 19.1. The zero-order valence-electron chi connectivity index (χ0n) is 33.7. The van der Waals surface area contributed by atoms with Crippen LogP contribution >= 0.6 is 0 Å². The fourth-order valence-electron chi connectivity index (χ4n) is 5.53. The van der Waals surface area contributed by atoms with Crippen LogP contribution in [0.1, 0.15) is 103 Å². The number of rotatable bonds is 10. The average Bonchev–Trinajstić information content (AvgIpc) is 3.68. The van der Waals surface area contributed by atoms with E-state index in [9.17, 15) is 13.6 Å². The molecule has 0 aromatic heterocycles. The van der Waals surface area contributed by atoms with Gasteiger partial charge in [-0.05, 0) is 116 Å². The fourth-order valence-corrected chi connectivity index (χ4v) is 5.53. The molecule has 0 spiro atoms. The summed E-state index contributed by atoms with van der Waals surface area (Å²) in [6.45, 7) is 20.2. The number of likely N-dealkylation sites (tertiary alicyclic amines) is 1. The van der Waals surface area contributed by atoms with Crippen LogP contribution < -0.4 is 14.8 Å². The first-order valence-corrected chi connectivity index (χ1v) is 18.3. The third kappa shape index (κ3) is 20.3. The lowest BCUT2D eigenvalue weighted by Crippen LogP contribution is -2.34. The van der Waals surface area contributed by atoms with Gasteiger partial charge in [0.05, 0.1) is 20.3 Å². The summed E-state index contributed by atoms with van der Waals surface area (Å²) in [5.41, 5.74) is 1.48. The maximum absolute atomic E-state index is 13.7. The molecule has 1 heterocycles. The molecule has 1 aliphatic heterocycles. The summed E-state index contributed by atoms with van der Waals surface area (Å²) in [5, 5.41) is 3.40. The van der Waals surface area contributed by atoms with Crippen molar-refractivity contribution in [3.8, 4) is 11.5 Å². The second kappa shape index (κ2) is 30.3. The summed E-state index contributed by atoms with van der Waals surface area (Å²) in [7, 11) is 8.47. The predicted molar refractivity (Wildman–Crippen MR) is 209 cm³/mol. The summed E-state index contributed by atoms with van der Waals surface area (Å²) in [6, 6.07) is 9.12. The summed E-state index contributed by atoms with van der Waals surface area (Å²) in [6.07, 6.45) is 10.5. The third-order valence-electron chi connectivity index (χ3n) is 8.27. The normalized spacial score (nSPS) is 16.6. The van der Waals surface area contributed by atoms with E-state index in [1.54, 1.807) is 45.4 Å². The monoisotopic (exact) mass is 722 g/mol. The van der Waals surface area contributed by atoms with E-state index < -0.39 is 11.6 Å². The maximum atomic E-state index is 13.7. The Bertz CT molecular complexity index is 1210. The molecule has 292 valence electrons. The minimum absolute atomic E-state index is 0.210. The van der Waals surface area contributed by atoms with Crippen LogP contribution in [0.3, 0.4) is 0 Å². The van der Waals surface area contributed by atoms with E-state index in [1.807, 2.05) is 48.3 Å². The Kier molecular flexibility index (Phi) is 29.6. The zero-order valence-corrected chi connectivity index (χ0v) is 33.7. The molecule has 2 aliphatic rings. The molecule has 0 unspecified atom stereocenters. The molecular weight excluding hydrogens is 652 g/mol. The number of likely N-dealkylation sites (N-methyl/N-ethyl adjacent to an activating group) is 1. The van der Waals surface area contributed by atoms with E-state index in [4.69, 9.17) is 19.0 Å². The van der Waals surface area contributed by atoms with Crippen molar-refractivity contribution < 1.29 is 32.6 Å². The van der Waals surface area contributed by atoms with Gasteiger partial charge in [0.25, 0.3) is 5.91 Å². The van der Waals surface area contributed by atoms with Gasteiger partial charge in [-0.1, -0.05) is 39.3 Å². The minimum Gasteiger partial charge on any atom is -0.493 e. The highest BCUT2D eigenvalue weighted by Crippen LogP contribution is 2.28. The molecule has 1 saturated heterocycles. The Hall–Kier alpha value is -3.34.